The van der Waals surface area contributed by atoms with Crippen LogP contribution in [-0.2, 0) is 0 Å². The number of rotatable bonds is 6. The van der Waals surface area contributed by atoms with E-state index in [0.717, 1.165) is 48.0 Å². The van der Waals surface area contributed by atoms with Crippen molar-refractivity contribution in [1.82, 2.24) is 10.6 Å². The van der Waals surface area contributed by atoms with Crippen molar-refractivity contribution >= 4 is 23.4 Å². The van der Waals surface area contributed by atoms with Gasteiger partial charge in [-0.3, -0.25) is 0 Å². The Kier molecular flexibility index (Phi) is 5.81. The van der Waals surface area contributed by atoms with Crippen molar-refractivity contribution < 1.29 is 9.59 Å². The number of benzene rings is 1. The highest BCUT2D eigenvalue weighted by Gasteiger charge is 2.40. The third-order valence-corrected chi connectivity index (χ3v) is 8.56. The van der Waals surface area contributed by atoms with Gasteiger partial charge in [-0.2, -0.15) is 0 Å². The first-order valence-electron chi connectivity index (χ1n) is 12.2. The average Bonchev–Trinajstić information content (AvgIpc) is 3.55. The number of urea groups is 2. The largest absolute Gasteiger partial charge is 0.338 e. The number of amides is 4. The zero-order chi connectivity index (χ0) is 21.4. The van der Waals surface area contributed by atoms with Crippen LogP contribution in [0.3, 0.4) is 0 Å². The lowest BCUT2D eigenvalue weighted by atomic mass is 9.89. The Balaban J connectivity index is 1.09. The molecule has 0 spiro atoms. The van der Waals surface area contributed by atoms with E-state index >= 15 is 0 Å². The number of fused-ring (bicyclic) bond motifs is 4. The molecule has 0 aromatic heterocycles. The Labute approximate surface area is 185 Å². The van der Waals surface area contributed by atoms with Crippen molar-refractivity contribution in [3.8, 4) is 0 Å². The van der Waals surface area contributed by atoms with Crippen LogP contribution in [0.1, 0.15) is 56.9 Å². The molecule has 4 bridgehead atoms. The van der Waals surface area contributed by atoms with Crippen molar-refractivity contribution in [2.45, 2.75) is 58.3 Å². The molecule has 0 heterocycles. The molecule has 4 saturated carbocycles. The quantitative estimate of drug-likeness (QED) is 0.512. The Bertz CT molecular complexity index is 841. The topological polar surface area (TPSA) is 82.3 Å². The molecule has 1 aromatic rings. The molecule has 0 radical (unpaired) electrons. The molecule has 1 aromatic carbocycles. The number of anilines is 2. The van der Waals surface area contributed by atoms with Gasteiger partial charge in [0.2, 0.25) is 0 Å². The van der Waals surface area contributed by atoms with Gasteiger partial charge in [-0.15, -0.1) is 0 Å². The number of nitrogens with one attached hydrogen (secondary N) is 4. The van der Waals surface area contributed by atoms with E-state index in [1.807, 2.05) is 25.1 Å². The summed E-state index contributed by atoms with van der Waals surface area (Å²) in [5.74, 6) is 4.66. The molecule has 4 N–H and O–H groups in total. The molecular formula is C25H36N4O2. The van der Waals surface area contributed by atoms with E-state index in [-0.39, 0.29) is 12.1 Å². The lowest BCUT2D eigenvalue weighted by Crippen LogP contribution is -2.35. The third kappa shape index (κ3) is 4.68. The summed E-state index contributed by atoms with van der Waals surface area (Å²) >= 11 is 0. The second-order valence-electron chi connectivity index (χ2n) is 10.6. The lowest BCUT2D eigenvalue weighted by Gasteiger charge is -2.22. The minimum absolute atomic E-state index is 0.163. The van der Waals surface area contributed by atoms with E-state index in [1.54, 1.807) is 0 Å². The number of hydrogen-bond donors (Lipinski definition) is 4. The van der Waals surface area contributed by atoms with Crippen LogP contribution in [0.4, 0.5) is 21.0 Å². The number of carbonyl (C=O) groups excluding carboxylic acids is 2. The maximum absolute atomic E-state index is 12.5. The van der Waals surface area contributed by atoms with Gasteiger partial charge in [-0.25, -0.2) is 9.59 Å². The lowest BCUT2D eigenvalue weighted by molar-refractivity contribution is 0.245. The molecule has 4 aliphatic rings. The predicted molar refractivity (Wildman–Crippen MR) is 123 cm³/mol. The summed E-state index contributed by atoms with van der Waals surface area (Å²) in [6, 6.07) is 5.31. The SMILES string of the molecule is Cc1ccc(NC(=O)NC[C@@H]2C[C@@H]3CC[C@@H]2C3)cc1NC(=O)NC[C@H]1C[C@@H]2CC[C@@H]1C2. The minimum Gasteiger partial charge on any atom is -0.338 e. The maximum Gasteiger partial charge on any atom is 0.319 e. The van der Waals surface area contributed by atoms with Crippen LogP contribution in [-0.4, -0.2) is 25.2 Å². The summed E-state index contributed by atoms with van der Waals surface area (Å²) in [5, 5.41) is 12.0. The van der Waals surface area contributed by atoms with E-state index < -0.39 is 0 Å². The van der Waals surface area contributed by atoms with Gasteiger partial charge in [-0.05, 0) is 98.7 Å². The summed E-state index contributed by atoms with van der Waals surface area (Å²) < 4.78 is 0. The molecule has 4 fully saturated rings. The molecule has 6 nitrogen and oxygen atoms in total. The van der Waals surface area contributed by atoms with E-state index in [9.17, 15) is 9.59 Å². The normalized spacial score (nSPS) is 32.8. The molecule has 6 atom stereocenters. The van der Waals surface area contributed by atoms with E-state index in [0.29, 0.717) is 17.5 Å². The van der Waals surface area contributed by atoms with Crippen LogP contribution in [0.25, 0.3) is 0 Å². The molecule has 6 heteroatoms. The number of hydrogen-bond acceptors (Lipinski definition) is 2. The highest BCUT2D eigenvalue weighted by Crippen LogP contribution is 2.48. The van der Waals surface area contributed by atoms with Gasteiger partial charge in [0.1, 0.15) is 0 Å². The van der Waals surface area contributed by atoms with Crippen LogP contribution in [0.2, 0.25) is 0 Å². The predicted octanol–water partition coefficient (Wildman–Crippen LogP) is 5.11. The van der Waals surface area contributed by atoms with E-state index in [1.165, 1.54) is 51.4 Å². The number of carbonyl (C=O) groups is 2. The fourth-order valence-electron chi connectivity index (χ4n) is 6.88. The van der Waals surface area contributed by atoms with Crippen LogP contribution in [0, 0.1) is 42.4 Å². The van der Waals surface area contributed by atoms with Crippen LogP contribution in [0.15, 0.2) is 18.2 Å². The zero-order valence-electron chi connectivity index (χ0n) is 18.6. The Hall–Kier alpha value is -2.24. The van der Waals surface area contributed by atoms with Crippen LogP contribution < -0.4 is 21.3 Å². The Morgan fingerprint density at radius 2 is 1.39 bits per heavy atom. The molecule has 31 heavy (non-hydrogen) atoms. The minimum atomic E-state index is -0.168. The molecule has 5 rings (SSSR count). The van der Waals surface area contributed by atoms with Gasteiger partial charge in [0, 0.05) is 24.5 Å². The summed E-state index contributed by atoms with van der Waals surface area (Å²) in [6.07, 6.45) is 10.6. The van der Waals surface area contributed by atoms with Gasteiger partial charge in [0.05, 0.1) is 0 Å². The van der Waals surface area contributed by atoms with Crippen molar-refractivity contribution in [3.63, 3.8) is 0 Å². The maximum atomic E-state index is 12.5. The summed E-state index contributed by atoms with van der Waals surface area (Å²) in [5.41, 5.74) is 2.40. The summed E-state index contributed by atoms with van der Waals surface area (Å²) in [6.45, 7) is 3.48. The molecule has 4 amide bonds. The monoisotopic (exact) mass is 424 g/mol. The smallest absolute Gasteiger partial charge is 0.319 e. The molecular weight excluding hydrogens is 388 g/mol. The zero-order valence-corrected chi connectivity index (χ0v) is 18.6. The molecule has 4 aliphatic carbocycles. The fourth-order valence-corrected chi connectivity index (χ4v) is 6.88. The van der Waals surface area contributed by atoms with Gasteiger partial charge < -0.3 is 21.3 Å². The first kappa shape index (κ1) is 20.7. The van der Waals surface area contributed by atoms with Gasteiger partial charge in [-0.1, -0.05) is 18.9 Å². The summed E-state index contributed by atoms with van der Waals surface area (Å²) in [4.78, 5) is 24.8. The fraction of sp³-hybridized carbons (Fsp3) is 0.680. The van der Waals surface area contributed by atoms with E-state index in [2.05, 4.69) is 21.3 Å². The summed E-state index contributed by atoms with van der Waals surface area (Å²) in [7, 11) is 0. The van der Waals surface area contributed by atoms with Gasteiger partial charge in [0.15, 0.2) is 0 Å². The first-order valence-corrected chi connectivity index (χ1v) is 12.2. The third-order valence-electron chi connectivity index (χ3n) is 8.56. The highest BCUT2D eigenvalue weighted by molar-refractivity contribution is 5.93. The van der Waals surface area contributed by atoms with E-state index in [4.69, 9.17) is 0 Å². The standard InChI is InChI=1S/C25H36N4O2/c1-15-2-7-22(28-24(30)26-13-20-10-16-3-5-18(20)8-16)12-23(15)29-25(31)27-14-21-11-17-4-6-19(21)9-17/h2,7,12,16-21H,3-6,8-11,13-14H2,1H3,(H2,26,28,30)(H2,27,29,31)/t16-,17-,18-,19-,20+,21-/m1/s1. The van der Waals surface area contributed by atoms with Crippen molar-refractivity contribution in [1.29, 1.82) is 0 Å². The Morgan fingerprint density at radius 1 is 0.806 bits per heavy atom. The number of aryl methyl sites for hydroxylation is 1. The van der Waals surface area contributed by atoms with Crippen LogP contribution >= 0.6 is 0 Å². The van der Waals surface area contributed by atoms with Crippen molar-refractivity contribution in [3.05, 3.63) is 23.8 Å². The molecule has 168 valence electrons. The molecule has 0 unspecified atom stereocenters. The average molecular weight is 425 g/mol. The van der Waals surface area contributed by atoms with Crippen LogP contribution in [0.5, 0.6) is 0 Å². The molecule has 0 saturated heterocycles. The van der Waals surface area contributed by atoms with Gasteiger partial charge >= 0.3 is 12.1 Å². The van der Waals surface area contributed by atoms with Crippen molar-refractivity contribution in [2.75, 3.05) is 23.7 Å². The second kappa shape index (κ2) is 8.71. The highest BCUT2D eigenvalue weighted by atomic mass is 16.2. The first-order chi connectivity index (χ1) is 15.0. The Morgan fingerprint density at radius 3 is 1.90 bits per heavy atom. The van der Waals surface area contributed by atoms with Gasteiger partial charge in [0.25, 0.3) is 0 Å². The second-order valence-corrected chi connectivity index (χ2v) is 10.6. The molecule has 0 aliphatic heterocycles. The van der Waals surface area contributed by atoms with Crippen molar-refractivity contribution in [2.24, 2.45) is 35.5 Å².